The molecule has 0 amide bonds. The van der Waals surface area contributed by atoms with Crippen molar-refractivity contribution in [3.63, 3.8) is 0 Å². The molecular weight excluding hydrogens is 206 g/mol. The van der Waals surface area contributed by atoms with E-state index < -0.39 is 0 Å². The summed E-state index contributed by atoms with van der Waals surface area (Å²) in [6.07, 6.45) is 0.973. The number of rotatable bonds is 0. The van der Waals surface area contributed by atoms with Gasteiger partial charge in [0.1, 0.15) is 0 Å². The Morgan fingerprint density at radius 1 is 0.941 bits per heavy atom. The Morgan fingerprint density at radius 3 is 2.71 bits per heavy atom. The molecule has 0 aliphatic heterocycles. The van der Waals surface area contributed by atoms with Gasteiger partial charge in [0, 0.05) is 6.04 Å². The third-order valence-corrected chi connectivity index (χ3v) is 3.82. The zero-order valence-electron chi connectivity index (χ0n) is 9.48. The van der Waals surface area contributed by atoms with Crippen LogP contribution in [0.3, 0.4) is 0 Å². The summed E-state index contributed by atoms with van der Waals surface area (Å²) < 4.78 is 0. The van der Waals surface area contributed by atoms with Gasteiger partial charge in [-0.3, -0.25) is 0 Å². The first kappa shape index (κ1) is 9.20. The summed E-state index contributed by atoms with van der Waals surface area (Å²) >= 11 is 0. The lowest BCUT2D eigenvalue weighted by Gasteiger charge is -2.09. The van der Waals surface area contributed by atoms with Gasteiger partial charge in [0.2, 0.25) is 0 Å². The van der Waals surface area contributed by atoms with E-state index in [1.54, 1.807) is 0 Å². The van der Waals surface area contributed by atoms with Crippen molar-refractivity contribution in [3.05, 3.63) is 59.7 Å². The largest absolute Gasteiger partial charge is 0.324 e. The predicted octanol–water partition coefficient (Wildman–Crippen LogP) is 3.55. The molecule has 0 spiro atoms. The van der Waals surface area contributed by atoms with Crippen LogP contribution in [0.15, 0.2) is 48.5 Å². The van der Waals surface area contributed by atoms with E-state index in [2.05, 4.69) is 48.5 Å². The van der Waals surface area contributed by atoms with E-state index in [4.69, 9.17) is 5.73 Å². The molecule has 82 valence electrons. The molecule has 1 unspecified atom stereocenters. The number of benzene rings is 3. The smallest absolute Gasteiger partial charge is 0.0348 e. The monoisotopic (exact) mass is 219 g/mol. The zero-order chi connectivity index (χ0) is 11.4. The normalized spacial score (nSPS) is 18.1. The minimum Gasteiger partial charge on any atom is -0.324 e. The Kier molecular flexibility index (Phi) is 1.67. The standard InChI is InChI=1S/C16H13N/c17-14-9-12-6-3-5-11-8-10-4-1-2-7-13(10)16(14)15(11)12/h1-8,14H,9,17H2. The van der Waals surface area contributed by atoms with Crippen LogP contribution >= 0.6 is 0 Å². The van der Waals surface area contributed by atoms with Gasteiger partial charge in [-0.25, -0.2) is 0 Å². The molecule has 0 radical (unpaired) electrons. The fourth-order valence-corrected chi connectivity index (χ4v) is 3.13. The van der Waals surface area contributed by atoms with Crippen LogP contribution in [0.25, 0.3) is 21.5 Å². The number of nitrogens with two attached hydrogens (primary N) is 1. The van der Waals surface area contributed by atoms with E-state index in [1.807, 2.05) is 0 Å². The number of fused-ring (bicyclic) bond motifs is 2. The van der Waals surface area contributed by atoms with Gasteiger partial charge < -0.3 is 5.73 Å². The molecule has 3 aromatic rings. The number of hydrogen-bond donors (Lipinski definition) is 1. The lowest BCUT2D eigenvalue weighted by atomic mass is 9.97. The van der Waals surface area contributed by atoms with Crippen molar-refractivity contribution in [3.8, 4) is 0 Å². The van der Waals surface area contributed by atoms with Crippen LogP contribution in [0.4, 0.5) is 0 Å². The summed E-state index contributed by atoms with van der Waals surface area (Å²) in [6.45, 7) is 0. The molecule has 0 heterocycles. The van der Waals surface area contributed by atoms with Crippen LogP contribution in [-0.2, 0) is 6.42 Å². The van der Waals surface area contributed by atoms with E-state index in [0.717, 1.165) is 6.42 Å². The minimum atomic E-state index is 0.154. The van der Waals surface area contributed by atoms with Crippen LogP contribution in [0, 0.1) is 0 Å². The maximum Gasteiger partial charge on any atom is 0.0348 e. The van der Waals surface area contributed by atoms with E-state index in [1.165, 1.54) is 32.7 Å². The minimum absolute atomic E-state index is 0.154. The second-order valence-corrected chi connectivity index (χ2v) is 4.84. The molecule has 3 aromatic carbocycles. The van der Waals surface area contributed by atoms with E-state index >= 15 is 0 Å². The van der Waals surface area contributed by atoms with Crippen molar-refractivity contribution in [1.29, 1.82) is 0 Å². The maximum atomic E-state index is 6.31. The summed E-state index contributed by atoms with van der Waals surface area (Å²) in [5, 5.41) is 5.32. The Morgan fingerprint density at radius 2 is 1.76 bits per heavy atom. The first-order valence-corrected chi connectivity index (χ1v) is 6.03. The molecule has 0 saturated carbocycles. The lowest BCUT2D eigenvalue weighted by Crippen LogP contribution is -2.08. The van der Waals surface area contributed by atoms with Gasteiger partial charge >= 0.3 is 0 Å². The first-order chi connectivity index (χ1) is 8.34. The summed E-state index contributed by atoms with van der Waals surface area (Å²) in [7, 11) is 0. The molecule has 4 rings (SSSR count). The second-order valence-electron chi connectivity index (χ2n) is 4.84. The topological polar surface area (TPSA) is 26.0 Å². The molecule has 0 aromatic heterocycles. The van der Waals surface area contributed by atoms with Crippen molar-refractivity contribution in [2.75, 3.05) is 0 Å². The molecule has 1 aliphatic rings. The summed E-state index contributed by atoms with van der Waals surface area (Å²) in [4.78, 5) is 0. The van der Waals surface area contributed by atoms with Gasteiger partial charge in [-0.05, 0) is 45.2 Å². The zero-order valence-corrected chi connectivity index (χ0v) is 9.48. The fourth-order valence-electron chi connectivity index (χ4n) is 3.13. The van der Waals surface area contributed by atoms with Crippen LogP contribution in [0.2, 0.25) is 0 Å². The van der Waals surface area contributed by atoms with E-state index in [0.29, 0.717) is 0 Å². The van der Waals surface area contributed by atoms with Gasteiger partial charge in [0.15, 0.2) is 0 Å². The van der Waals surface area contributed by atoms with E-state index in [9.17, 15) is 0 Å². The van der Waals surface area contributed by atoms with Crippen molar-refractivity contribution in [2.45, 2.75) is 12.5 Å². The molecule has 0 fully saturated rings. The lowest BCUT2D eigenvalue weighted by molar-refractivity contribution is 0.762. The second kappa shape index (κ2) is 3.08. The van der Waals surface area contributed by atoms with Crippen molar-refractivity contribution in [1.82, 2.24) is 0 Å². The summed E-state index contributed by atoms with van der Waals surface area (Å²) in [5.74, 6) is 0. The highest BCUT2D eigenvalue weighted by atomic mass is 14.6. The number of hydrogen-bond acceptors (Lipinski definition) is 1. The molecule has 2 N–H and O–H groups in total. The Balaban J connectivity index is 2.32. The molecule has 1 nitrogen and oxygen atoms in total. The highest BCUT2D eigenvalue weighted by molar-refractivity contribution is 6.05. The molecule has 0 saturated heterocycles. The summed E-state index contributed by atoms with van der Waals surface area (Å²) in [6, 6.07) is 17.5. The molecule has 1 aliphatic carbocycles. The Hall–Kier alpha value is -1.86. The SMILES string of the molecule is NC1Cc2cccc3cc4ccccc4c1c23. The molecule has 0 bridgehead atoms. The highest BCUT2D eigenvalue weighted by Crippen LogP contribution is 2.40. The third kappa shape index (κ3) is 1.12. The van der Waals surface area contributed by atoms with Gasteiger partial charge in [-0.15, -0.1) is 0 Å². The van der Waals surface area contributed by atoms with Crippen LogP contribution in [-0.4, -0.2) is 0 Å². The molecule has 17 heavy (non-hydrogen) atoms. The fraction of sp³-hybridized carbons (Fsp3) is 0.125. The van der Waals surface area contributed by atoms with Gasteiger partial charge in [0.25, 0.3) is 0 Å². The molecule has 1 atom stereocenters. The van der Waals surface area contributed by atoms with Crippen molar-refractivity contribution >= 4 is 21.5 Å². The highest BCUT2D eigenvalue weighted by Gasteiger charge is 2.23. The maximum absolute atomic E-state index is 6.31. The molecule has 1 heteroatoms. The third-order valence-electron chi connectivity index (χ3n) is 3.82. The van der Waals surface area contributed by atoms with Crippen molar-refractivity contribution < 1.29 is 0 Å². The van der Waals surface area contributed by atoms with Gasteiger partial charge in [0.05, 0.1) is 0 Å². The summed E-state index contributed by atoms with van der Waals surface area (Å²) in [5.41, 5.74) is 9.05. The van der Waals surface area contributed by atoms with Gasteiger partial charge in [-0.2, -0.15) is 0 Å². The van der Waals surface area contributed by atoms with Crippen LogP contribution in [0.1, 0.15) is 17.2 Å². The molecular formula is C16H13N. The Labute approximate surface area is 99.9 Å². The average molecular weight is 219 g/mol. The predicted molar refractivity (Wildman–Crippen MR) is 72.1 cm³/mol. The quantitative estimate of drug-likeness (QED) is 0.575. The van der Waals surface area contributed by atoms with Crippen LogP contribution in [0.5, 0.6) is 0 Å². The Bertz CT molecular complexity index is 743. The first-order valence-electron chi connectivity index (χ1n) is 6.03. The van der Waals surface area contributed by atoms with Crippen molar-refractivity contribution in [2.24, 2.45) is 5.73 Å². The van der Waals surface area contributed by atoms with Gasteiger partial charge in [-0.1, -0.05) is 42.5 Å². The van der Waals surface area contributed by atoms with E-state index in [-0.39, 0.29) is 6.04 Å². The average Bonchev–Trinajstić information content (AvgIpc) is 2.69. The van der Waals surface area contributed by atoms with Crippen LogP contribution < -0.4 is 5.73 Å².